The van der Waals surface area contributed by atoms with Crippen LogP contribution in [-0.4, -0.2) is 25.9 Å². The van der Waals surface area contributed by atoms with Gasteiger partial charge in [0, 0.05) is 25.0 Å². The molecule has 102 valence electrons. The molecule has 0 saturated heterocycles. The van der Waals surface area contributed by atoms with E-state index in [1.165, 1.54) is 11.3 Å². The number of aromatic nitrogens is 4. The molecule has 0 aliphatic heterocycles. The summed E-state index contributed by atoms with van der Waals surface area (Å²) in [6.07, 6.45) is 7.00. The van der Waals surface area contributed by atoms with E-state index < -0.39 is 0 Å². The van der Waals surface area contributed by atoms with E-state index in [1.807, 2.05) is 17.0 Å². The van der Waals surface area contributed by atoms with E-state index in [1.54, 1.807) is 4.57 Å². The lowest BCUT2D eigenvalue weighted by molar-refractivity contribution is 0.653. The number of rotatable bonds is 6. The smallest absolute Gasteiger partial charge is 0.328 e. The summed E-state index contributed by atoms with van der Waals surface area (Å²) < 4.78 is 3.51. The van der Waals surface area contributed by atoms with E-state index in [4.69, 9.17) is 0 Å². The first-order valence-electron chi connectivity index (χ1n) is 6.61. The molecule has 1 fully saturated rings. The fourth-order valence-electron chi connectivity index (χ4n) is 1.95. The van der Waals surface area contributed by atoms with Crippen molar-refractivity contribution in [3.8, 4) is 0 Å². The average molecular weight is 279 g/mol. The molecule has 0 amide bonds. The number of anilines is 1. The minimum Gasteiger partial charge on any atom is -0.360 e. The Hall–Kier alpha value is -1.63. The average Bonchev–Trinajstić information content (AvgIpc) is 3.05. The maximum atomic E-state index is 12.1. The van der Waals surface area contributed by atoms with Crippen molar-refractivity contribution in [3.63, 3.8) is 0 Å². The summed E-state index contributed by atoms with van der Waals surface area (Å²) in [7, 11) is 0. The third kappa shape index (κ3) is 2.70. The van der Waals surface area contributed by atoms with E-state index in [0.29, 0.717) is 12.6 Å². The standard InChI is InChI=1S/C12H17N5OS/c1-2-5-13-11-15-14-10(19-11)8-16-6-7-17(12(16)18)9-3-4-9/h6-7,9H,2-5,8H2,1H3,(H,13,15). The largest absolute Gasteiger partial charge is 0.360 e. The van der Waals surface area contributed by atoms with Gasteiger partial charge in [-0.2, -0.15) is 0 Å². The quantitative estimate of drug-likeness (QED) is 0.874. The number of hydrogen-bond donors (Lipinski definition) is 1. The van der Waals surface area contributed by atoms with Gasteiger partial charge in [0.05, 0.1) is 6.54 Å². The van der Waals surface area contributed by atoms with E-state index in [2.05, 4.69) is 22.4 Å². The van der Waals surface area contributed by atoms with Crippen LogP contribution in [0.25, 0.3) is 0 Å². The molecule has 0 spiro atoms. The molecule has 7 heteroatoms. The maximum Gasteiger partial charge on any atom is 0.328 e. The lowest BCUT2D eigenvalue weighted by atomic mass is 10.5. The van der Waals surface area contributed by atoms with Gasteiger partial charge in [0.25, 0.3) is 0 Å². The van der Waals surface area contributed by atoms with Crippen LogP contribution in [0.1, 0.15) is 37.2 Å². The molecule has 0 aromatic carbocycles. The summed E-state index contributed by atoms with van der Waals surface area (Å²) in [5, 5.41) is 13.1. The van der Waals surface area contributed by atoms with Gasteiger partial charge in [0.1, 0.15) is 5.01 Å². The second kappa shape index (κ2) is 5.16. The molecule has 1 aliphatic rings. The molecule has 0 radical (unpaired) electrons. The highest BCUT2D eigenvalue weighted by molar-refractivity contribution is 7.15. The minimum absolute atomic E-state index is 0.0563. The van der Waals surface area contributed by atoms with Crippen LogP contribution in [-0.2, 0) is 6.54 Å². The highest BCUT2D eigenvalue weighted by Gasteiger charge is 2.25. The van der Waals surface area contributed by atoms with Crippen LogP contribution in [0, 0.1) is 0 Å². The zero-order chi connectivity index (χ0) is 13.2. The van der Waals surface area contributed by atoms with E-state index >= 15 is 0 Å². The normalized spacial score (nSPS) is 14.8. The Morgan fingerprint density at radius 2 is 2.26 bits per heavy atom. The second-order valence-electron chi connectivity index (χ2n) is 4.77. The van der Waals surface area contributed by atoms with Gasteiger partial charge >= 0.3 is 5.69 Å². The first kappa shape index (κ1) is 12.4. The highest BCUT2D eigenvalue weighted by Crippen LogP contribution is 2.33. The van der Waals surface area contributed by atoms with Crippen LogP contribution in [0.15, 0.2) is 17.2 Å². The van der Waals surface area contributed by atoms with Crippen LogP contribution in [0.2, 0.25) is 0 Å². The third-order valence-corrected chi connectivity index (χ3v) is 3.98. The van der Waals surface area contributed by atoms with Crippen LogP contribution in [0.5, 0.6) is 0 Å². The summed E-state index contributed by atoms with van der Waals surface area (Å²) in [6, 6.07) is 0.421. The van der Waals surface area contributed by atoms with Gasteiger partial charge in [0.2, 0.25) is 5.13 Å². The Labute approximate surface area is 115 Å². The third-order valence-electron chi connectivity index (χ3n) is 3.11. The molecule has 1 N–H and O–H groups in total. The fourth-order valence-corrected chi connectivity index (χ4v) is 2.71. The van der Waals surface area contributed by atoms with Gasteiger partial charge in [-0.05, 0) is 19.3 Å². The van der Waals surface area contributed by atoms with Gasteiger partial charge in [-0.3, -0.25) is 9.13 Å². The first-order chi connectivity index (χ1) is 9.28. The van der Waals surface area contributed by atoms with Crippen molar-refractivity contribution in [1.82, 2.24) is 19.3 Å². The van der Waals surface area contributed by atoms with E-state index in [9.17, 15) is 4.79 Å². The monoisotopic (exact) mass is 279 g/mol. The summed E-state index contributed by atoms with van der Waals surface area (Å²) in [5.74, 6) is 0. The molecule has 0 unspecified atom stereocenters. The molecule has 2 aromatic heterocycles. The van der Waals surface area contributed by atoms with E-state index in [-0.39, 0.29) is 5.69 Å². The number of nitrogens with zero attached hydrogens (tertiary/aromatic N) is 4. The summed E-state index contributed by atoms with van der Waals surface area (Å²) in [4.78, 5) is 12.1. The van der Waals surface area contributed by atoms with Crippen molar-refractivity contribution in [2.45, 2.75) is 38.8 Å². The number of imidazole rings is 1. The molecule has 2 aromatic rings. The number of hydrogen-bond acceptors (Lipinski definition) is 5. The molecule has 3 rings (SSSR count). The summed E-state index contributed by atoms with van der Waals surface area (Å²) >= 11 is 1.51. The lowest BCUT2D eigenvalue weighted by Gasteiger charge is -1.98. The number of nitrogens with one attached hydrogen (secondary N) is 1. The van der Waals surface area contributed by atoms with Gasteiger partial charge < -0.3 is 5.32 Å². The molecule has 0 bridgehead atoms. The molecule has 1 saturated carbocycles. The second-order valence-corrected chi connectivity index (χ2v) is 5.84. The molecule has 0 atom stereocenters. The SMILES string of the molecule is CCCNc1nnc(Cn2ccn(C3CC3)c2=O)s1. The van der Waals surface area contributed by atoms with Crippen LogP contribution >= 0.6 is 11.3 Å². The molecular weight excluding hydrogens is 262 g/mol. The Bertz CT molecular complexity index is 610. The van der Waals surface area contributed by atoms with Crippen LogP contribution in [0.4, 0.5) is 5.13 Å². The van der Waals surface area contributed by atoms with Gasteiger partial charge in [-0.25, -0.2) is 4.79 Å². The van der Waals surface area contributed by atoms with Crippen molar-refractivity contribution in [2.24, 2.45) is 0 Å². The van der Waals surface area contributed by atoms with Crippen molar-refractivity contribution in [3.05, 3.63) is 27.9 Å². The fraction of sp³-hybridized carbons (Fsp3) is 0.583. The van der Waals surface area contributed by atoms with Crippen molar-refractivity contribution < 1.29 is 0 Å². The van der Waals surface area contributed by atoms with Crippen LogP contribution < -0.4 is 11.0 Å². The maximum absolute atomic E-state index is 12.1. The van der Waals surface area contributed by atoms with Gasteiger partial charge in [-0.1, -0.05) is 18.3 Å². The van der Waals surface area contributed by atoms with Gasteiger partial charge in [0.15, 0.2) is 0 Å². The summed E-state index contributed by atoms with van der Waals surface area (Å²) in [6.45, 7) is 3.51. The van der Waals surface area contributed by atoms with Crippen molar-refractivity contribution in [2.75, 3.05) is 11.9 Å². The predicted molar refractivity (Wildman–Crippen MR) is 74.8 cm³/mol. The predicted octanol–water partition coefficient (Wildman–Crippen LogP) is 1.71. The zero-order valence-corrected chi connectivity index (χ0v) is 11.7. The zero-order valence-electron chi connectivity index (χ0n) is 10.9. The minimum atomic E-state index is 0.0563. The molecule has 1 aliphatic carbocycles. The molecule has 19 heavy (non-hydrogen) atoms. The Morgan fingerprint density at radius 3 is 3.00 bits per heavy atom. The summed E-state index contributed by atoms with van der Waals surface area (Å²) in [5.41, 5.74) is 0.0563. The topological polar surface area (TPSA) is 64.7 Å². The van der Waals surface area contributed by atoms with Crippen molar-refractivity contribution in [1.29, 1.82) is 0 Å². The lowest BCUT2D eigenvalue weighted by Crippen LogP contribution is -2.23. The van der Waals surface area contributed by atoms with Crippen LogP contribution in [0.3, 0.4) is 0 Å². The molecule has 6 nitrogen and oxygen atoms in total. The molecular formula is C12H17N5OS. The Balaban J connectivity index is 1.70. The first-order valence-corrected chi connectivity index (χ1v) is 7.43. The van der Waals surface area contributed by atoms with Gasteiger partial charge in [-0.15, -0.1) is 10.2 Å². The van der Waals surface area contributed by atoms with Crippen molar-refractivity contribution >= 4 is 16.5 Å². The van der Waals surface area contributed by atoms with E-state index in [0.717, 1.165) is 35.9 Å². The Morgan fingerprint density at radius 1 is 1.42 bits per heavy atom. The Kier molecular flexibility index (Phi) is 3.37. The highest BCUT2D eigenvalue weighted by atomic mass is 32.1. The molecule has 2 heterocycles.